The van der Waals surface area contributed by atoms with Gasteiger partial charge in [-0.3, -0.25) is 4.79 Å². The molecular formula is C17H13ClN2O4S2. The first-order chi connectivity index (χ1) is 12.4. The maximum absolute atomic E-state index is 12.4. The predicted octanol–water partition coefficient (Wildman–Crippen LogP) is 4.48. The molecule has 0 saturated carbocycles. The predicted molar refractivity (Wildman–Crippen MR) is 104 cm³/mol. The number of aromatic carboxylic acids is 1. The third kappa shape index (κ3) is 3.57. The highest BCUT2D eigenvalue weighted by Crippen LogP contribution is 2.37. The molecule has 2 heterocycles. The van der Waals surface area contributed by atoms with E-state index in [2.05, 4.69) is 10.5 Å². The minimum Gasteiger partial charge on any atom is -0.497 e. The van der Waals surface area contributed by atoms with Crippen LogP contribution in [0.2, 0.25) is 5.02 Å². The van der Waals surface area contributed by atoms with Crippen molar-refractivity contribution in [2.75, 3.05) is 7.11 Å². The smallest absolute Gasteiger partial charge is 0.345 e. The molecule has 6 nitrogen and oxygen atoms in total. The highest BCUT2D eigenvalue weighted by atomic mass is 35.5. The largest absolute Gasteiger partial charge is 0.497 e. The summed E-state index contributed by atoms with van der Waals surface area (Å²) in [5, 5.41) is 14.1. The standard InChI is InChI=1S/C17H13ClN2O4S2/c1-8(11-5-6-12(25-11)17(22)23)19-20-16(21)15-14(18)10-4-3-9(24-2)7-13(10)26-15/h3-7H,1-2H3,(H,20,21)(H,22,23). The summed E-state index contributed by atoms with van der Waals surface area (Å²) in [5.74, 6) is -0.738. The van der Waals surface area contributed by atoms with Crippen LogP contribution in [-0.2, 0) is 0 Å². The highest BCUT2D eigenvalue weighted by Gasteiger charge is 2.17. The Balaban J connectivity index is 1.82. The molecule has 3 aromatic rings. The number of hydrogen-bond donors (Lipinski definition) is 2. The first kappa shape index (κ1) is 18.4. The average Bonchev–Trinajstić information content (AvgIpc) is 3.24. The Kier molecular flexibility index (Phi) is 5.26. The molecular weight excluding hydrogens is 396 g/mol. The Labute approximate surface area is 161 Å². The number of hydrazone groups is 1. The average molecular weight is 409 g/mol. The van der Waals surface area contributed by atoms with Crippen molar-refractivity contribution in [1.29, 1.82) is 0 Å². The first-order valence-electron chi connectivity index (χ1n) is 7.35. The van der Waals surface area contributed by atoms with Gasteiger partial charge in [-0.2, -0.15) is 5.10 Å². The van der Waals surface area contributed by atoms with Crippen molar-refractivity contribution in [3.05, 3.63) is 50.0 Å². The van der Waals surface area contributed by atoms with Gasteiger partial charge in [-0.15, -0.1) is 22.7 Å². The molecule has 0 saturated heterocycles. The highest BCUT2D eigenvalue weighted by molar-refractivity contribution is 7.21. The van der Waals surface area contributed by atoms with Gasteiger partial charge in [0, 0.05) is 10.1 Å². The lowest BCUT2D eigenvalue weighted by Gasteiger charge is -2.00. The molecule has 0 aliphatic carbocycles. The molecule has 0 fully saturated rings. The van der Waals surface area contributed by atoms with Gasteiger partial charge in [0.1, 0.15) is 15.5 Å². The van der Waals surface area contributed by atoms with Crippen LogP contribution in [-0.4, -0.2) is 29.8 Å². The van der Waals surface area contributed by atoms with Crippen LogP contribution < -0.4 is 10.2 Å². The van der Waals surface area contributed by atoms with E-state index in [1.807, 2.05) is 6.07 Å². The summed E-state index contributed by atoms with van der Waals surface area (Å²) in [7, 11) is 1.57. The Hall–Kier alpha value is -2.42. The number of amides is 1. The van der Waals surface area contributed by atoms with Crippen LogP contribution in [0.3, 0.4) is 0 Å². The van der Waals surface area contributed by atoms with Crippen LogP contribution in [0, 0.1) is 0 Å². The summed E-state index contributed by atoms with van der Waals surface area (Å²) in [4.78, 5) is 24.6. The number of nitrogens with one attached hydrogen (secondary N) is 1. The Bertz CT molecular complexity index is 1040. The quantitative estimate of drug-likeness (QED) is 0.481. The number of carbonyl (C=O) groups excluding carboxylic acids is 1. The van der Waals surface area contributed by atoms with Gasteiger partial charge in [-0.25, -0.2) is 10.2 Å². The van der Waals surface area contributed by atoms with E-state index in [0.717, 1.165) is 21.4 Å². The van der Waals surface area contributed by atoms with E-state index in [4.69, 9.17) is 21.4 Å². The third-order valence-corrected chi connectivity index (χ3v) is 6.38. The molecule has 2 aromatic heterocycles. The van der Waals surface area contributed by atoms with Crippen LogP contribution in [0.4, 0.5) is 0 Å². The Morgan fingerprint density at radius 3 is 2.58 bits per heavy atom. The van der Waals surface area contributed by atoms with Gasteiger partial charge in [0.25, 0.3) is 5.91 Å². The van der Waals surface area contributed by atoms with Crippen molar-refractivity contribution in [2.45, 2.75) is 6.92 Å². The molecule has 1 amide bonds. The minimum atomic E-state index is -0.995. The van der Waals surface area contributed by atoms with Crippen LogP contribution in [0.25, 0.3) is 10.1 Å². The van der Waals surface area contributed by atoms with Crippen LogP contribution in [0.15, 0.2) is 35.4 Å². The fourth-order valence-electron chi connectivity index (χ4n) is 2.21. The van der Waals surface area contributed by atoms with Crippen LogP contribution >= 0.6 is 34.3 Å². The molecule has 0 aliphatic heterocycles. The number of benzene rings is 1. The van der Waals surface area contributed by atoms with E-state index in [1.54, 1.807) is 32.2 Å². The second-order valence-corrected chi connectivity index (χ2v) is 7.73. The van der Waals surface area contributed by atoms with Crippen molar-refractivity contribution >= 4 is 61.9 Å². The van der Waals surface area contributed by atoms with Gasteiger partial charge in [0.05, 0.1) is 22.7 Å². The van der Waals surface area contributed by atoms with E-state index in [1.165, 1.54) is 17.4 Å². The zero-order valence-corrected chi connectivity index (χ0v) is 16.1. The van der Waals surface area contributed by atoms with Gasteiger partial charge in [-0.1, -0.05) is 11.6 Å². The number of halogens is 1. The molecule has 0 bridgehead atoms. The van der Waals surface area contributed by atoms with Crippen molar-refractivity contribution in [3.63, 3.8) is 0 Å². The minimum absolute atomic E-state index is 0.211. The number of rotatable bonds is 5. The Morgan fingerprint density at radius 1 is 1.19 bits per heavy atom. The van der Waals surface area contributed by atoms with Gasteiger partial charge in [-0.05, 0) is 37.3 Å². The number of carboxylic acids is 1. The zero-order valence-electron chi connectivity index (χ0n) is 13.7. The summed E-state index contributed by atoms with van der Waals surface area (Å²) >= 11 is 8.65. The second kappa shape index (κ2) is 7.45. The van der Waals surface area contributed by atoms with E-state index >= 15 is 0 Å². The van der Waals surface area contributed by atoms with E-state index < -0.39 is 11.9 Å². The number of carbonyl (C=O) groups is 2. The molecule has 26 heavy (non-hydrogen) atoms. The summed E-state index contributed by atoms with van der Waals surface area (Å²) in [6, 6.07) is 8.55. The molecule has 0 aliphatic rings. The van der Waals surface area contributed by atoms with Crippen LogP contribution in [0.5, 0.6) is 5.75 Å². The van der Waals surface area contributed by atoms with Crippen molar-refractivity contribution in [3.8, 4) is 5.75 Å². The fourth-order valence-corrected chi connectivity index (χ4v) is 4.43. The Morgan fingerprint density at radius 2 is 1.92 bits per heavy atom. The molecule has 0 spiro atoms. The summed E-state index contributed by atoms with van der Waals surface area (Å²) in [6.07, 6.45) is 0. The monoisotopic (exact) mass is 408 g/mol. The number of methoxy groups -OCH3 is 1. The number of nitrogens with zero attached hydrogens (tertiary/aromatic N) is 1. The SMILES string of the molecule is COc1ccc2c(Cl)c(C(=O)NN=C(C)c3ccc(C(=O)O)s3)sc2c1. The number of thiophene rings is 2. The van der Waals surface area contributed by atoms with Gasteiger partial charge in [0.15, 0.2) is 0 Å². The fraction of sp³-hybridized carbons (Fsp3) is 0.118. The number of fused-ring (bicyclic) bond motifs is 1. The zero-order chi connectivity index (χ0) is 18.8. The molecule has 2 N–H and O–H groups in total. The third-order valence-electron chi connectivity index (χ3n) is 3.54. The van der Waals surface area contributed by atoms with Crippen molar-refractivity contribution in [2.24, 2.45) is 5.10 Å². The van der Waals surface area contributed by atoms with Crippen LogP contribution in [0.1, 0.15) is 31.1 Å². The topological polar surface area (TPSA) is 88.0 Å². The molecule has 9 heteroatoms. The molecule has 0 atom stereocenters. The number of hydrogen-bond acceptors (Lipinski definition) is 6. The van der Waals surface area contributed by atoms with E-state index in [0.29, 0.717) is 26.2 Å². The van der Waals surface area contributed by atoms with E-state index in [-0.39, 0.29) is 4.88 Å². The number of ether oxygens (including phenoxy) is 1. The van der Waals surface area contributed by atoms with Gasteiger partial charge in [0.2, 0.25) is 0 Å². The van der Waals surface area contributed by atoms with Crippen molar-refractivity contribution < 1.29 is 19.4 Å². The van der Waals surface area contributed by atoms with E-state index in [9.17, 15) is 9.59 Å². The summed E-state index contributed by atoms with van der Waals surface area (Å²) in [6.45, 7) is 1.69. The normalized spacial score (nSPS) is 11.6. The summed E-state index contributed by atoms with van der Waals surface area (Å²) < 4.78 is 6.02. The molecule has 0 unspecified atom stereocenters. The van der Waals surface area contributed by atoms with Gasteiger partial charge >= 0.3 is 5.97 Å². The first-order valence-corrected chi connectivity index (χ1v) is 9.36. The second-order valence-electron chi connectivity index (χ2n) is 5.21. The molecule has 3 rings (SSSR count). The van der Waals surface area contributed by atoms with Gasteiger partial charge < -0.3 is 9.84 Å². The van der Waals surface area contributed by atoms with Crippen molar-refractivity contribution in [1.82, 2.24) is 5.43 Å². The molecule has 1 aromatic carbocycles. The summed E-state index contributed by atoms with van der Waals surface area (Å²) in [5.41, 5.74) is 2.98. The lowest BCUT2D eigenvalue weighted by Crippen LogP contribution is -2.18. The lowest BCUT2D eigenvalue weighted by atomic mass is 10.2. The molecule has 134 valence electrons. The lowest BCUT2D eigenvalue weighted by molar-refractivity contribution is 0.0702. The maximum atomic E-state index is 12.4. The molecule has 0 radical (unpaired) electrons. The maximum Gasteiger partial charge on any atom is 0.345 e. The number of carboxylic acid groups (broad SMARTS) is 1.